The number of morpholine rings is 1. The highest BCUT2D eigenvalue weighted by atomic mass is 16.5. The number of carbonyl (C=O) groups is 2. The van der Waals surface area contributed by atoms with Crippen molar-refractivity contribution in [2.45, 2.75) is 6.54 Å². The summed E-state index contributed by atoms with van der Waals surface area (Å²) >= 11 is 0. The number of amides is 1. The Kier molecular flexibility index (Phi) is 10.6. The van der Waals surface area contributed by atoms with E-state index >= 15 is 0 Å². The van der Waals surface area contributed by atoms with E-state index < -0.39 is 5.97 Å². The molecule has 1 fully saturated rings. The molecule has 1 N–H and O–H groups in total. The monoisotopic (exact) mass is 605 g/mol. The van der Waals surface area contributed by atoms with Gasteiger partial charge in [-0.05, 0) is 76.9 Å². The van der Waals surface area contributed by atoms with Crippen LogP contribution in [-0.4, -0.2) is 75.4 Å². The Bertz CT molecular complexity index is 1590. The second-order valence-corrected chi connectivity index (χ2v) is 11.1. The maximum absolute atomic E-state index is 14.0. The zero-order valence-electron chi connectivity index (χ0n) is 25.8. The van der Waals surface area contributed by atoms with Crippen molar-refractivity contribution in [2.75, 3.05) is 63.4 Å². The first-order chi connectivity index (χ1) is 21.9. The molecule has 45 heavy (non-hydrogen) atoms. The highest BCUT2D eigenvalue weighted by molar-refractivity contribution is 6.06. The van der Waals surface area contributed by atoms with Gasteiger partial charge in [-0.2, -0.15) is 0 Å². The molecule has 8 heteroatoms. The van der Waals surface area contributed by atoms with Crippen LogP contribution in [-0.2, 0) is 16.1 Å². The molecule has 1 aliphatic heterocycles. The SMILES string of the molecule is CN(C)c1ccc(-c2ccc(CN(C(=O)c3ccc(OCCN4CCOCC4)cc3)c3cccc(/C=C/C(=O)O)c3)cc2)cc1. The minimum Gasteiger partial charge on any atom is -0.492 e. The summed E-state index contributed by atoms with van der Waals surface area (Å²) in [5.41, 5.74) is 6.19. The fraction of sp³-hybridized carbons (Fsp3) is 0.243. The first-order valence-electron chi connectivity index (χ1n) is 15.1. The van der Waals surface area contributed by atoms with Crippen LogP contribution < -0.4 is 14.5 Å². The molecular formula is C37H39N3O5. The molecule has 0 aliphatic carbocycles. The maximum atomic E-state index is 14.0. The molecule has 1 heterocycles. The van der Waals surface area contributed by atoms with Crippen LogP contribution in [0.1, 0.15) is 21.5 Å². The summed E-state index contributed by atoms with van der Waals surface area (Å²) in [5.74, 6) is -0.490. The number of aliphatic carboxylic acids is 1. The summed E-state index contributed by atoms with van der Waals surface area (Å²) in [7, 11) is 4.04. The van der Waals surface area contributed by atoms with Crippen molar-refractivity contribution < 1.29 is 24.2 Å². The van der Waals surface area contributed by atoms with Gasteiger partial charge in [0.15, 0.2) is 0 Å². The number of carbonyl (C=O) groups excluding carboxylic acids is 1. The second kappa shape index (κ2) is 15.2. The largest absolute Gasteiger partial charge is 0.492 e. The third kappa shape index (κ3) is 8.81. The zero-order valence-corrected chi connectivity index (χ0v) is 25.8. The van der Waals surface area contributed by atoms with Crippen molar-refractivity contribution in [2.24, 2.45) is 0 Å². The lowest BCUT2D eigenvalue weighted by molar-refractivity contribution is -0.131. The van der Waals surface area contributed by atoms with E-state index in [4.69, 9.17) is 14.6 Å². The number of ether oxygens (including phenoxy) is 2. The van der Waals surface area contributed by atoms with Gasteiger partial charge in [0.05, 0.1) is 19.8 Å². The van der Waals surface area contributed by atoms with Crippen LogP contribution in [0.2, 0.25) is 0 Å². The Morgan fingerprint density at radius 3 is 2.18 bits per heavy atom. The third-order valence-corrected chi connectivity index (χ3v) is 7.74. The Hall–Kier alpha value is -4.92. The van der Waals surface area contributed by atoms with Crippen molar-refractivity contribution >= 4 is 29.3 Å². The molecule has 1 aliphatic rings. The fourth-order valence-electron chi connectivity index (χ4n) is 5.15. The maximum Gasteiger partial charge on any atom is 0.328 e. The van der Waals surface area contributed by atoms with E-state index in [0.29, 0.717) is 35.7 Å². The molecule has 4 aromatic rings. The average Bonchev–Trinajstić information content (AvgIpc) is 3.07. The van der Waals surface area contributed by atoms with E-state index in [9.17, 15) is 9.59 Å². The van der Waals surface area contributed by atoms with Gasteiger partial charge in [-0.1, -0.05) is 48.5 Å². The average molecular weight is 606 g/mol. The first kappa shape index (κ1) is 31.5. The van der Waals surface area contributed by atoms with Gasteiger partial charge in [-0.3, -0.25) is 9.69 Å². The number of carboxylic acid groups (broad SMARTS) is 1. The van der Waals surface area contributed by atoms with Gasteiger partial charge in [0, 0.05) is 56.7 Å². The van der Waals surface area contributed by atoms with E-state index in [1.54, 1.807) is 17.0 Å². The van der Waals surface area contributed by atoms with Gasteiger partial charge in [-0.25, -0.2) is 4.79 Å². The van der Waals surface area contributed by atoms with E-state index in [-0.39, 0.29) is 5.91 Å². The van der Waals surface area contributed by atoms with Gasteiger partial charge >= 0.3 is 5.97 Å². The summed E-state index contributed by atoms with van der Waals surface area (Å²) in [4.78, 5) is 31.2. The topological polar surface area (TPSA) is 82.5 Å². The number of anilines is 2. The first-order valence-corrected chi connectivity index (χ1v) is 15.1. The molecule has 0 bridgehead atoms. The second-order valence-electron chi connectivity index (χ2n) is 11.1. The van der Waals surface area contributed by atoms with Gasteiger partial charge in [0.1, 0.15) is 12.4 Å². The number of nitrogens with zero attached hydrogens (tertiary/aromatic N) is 3. The Morgan fingerprint density at radius 1 is 0.867 bits per heavy atom. The van der Waals surface area contributed by atoms with Crippen molar-refractivity contribution in [3.63, 3.8) is 0 Å². The number of benzene rings is 4. The highest BCUT2D eigenvalue weighted by Crippen LogP contribution is 2.26. The van der Waals surface area contributed by atoms with E-state index in [1.807, 2.05) is 62.6 Å². The number of hydrogen-bond donors (Lipinski definition) is 1. The van der Waals surface area contributed by atoms with Crippen molar-refractivity contribution in [1.29, 1.82) is 0 Å². The molecule has 232 valence electrons. The minimum atomic E-state index is -1.03. The van der Waals surface area contributed by atoms with Crippen LogP contribution in [0.25, 0.3) is 17.2 Å². The lowest BCUT2D eigenvalue weighted by atomic mass is 10.0. The van der Waals surface area contributed by atoms with E-state index in [1.165, 1.54) is 6.08 Å². The Balaban J connectivity index is 1.34. The smallest absolute Gasteiger partial charge is 0.328 e. The third-order valence-electron chi connectivity index (χ3n) is 7.74. The summed E-state index contributed by atoms with van der Waals surface area (Å²) < 4.78 is 11.4. The molecule has 0 atom stereocenters. The Morgan fingerprint density at radius 2 is 1.53 bits per heavy atom. The summed E-state index contributed by atoms with van der Waals surface area (Å²) in [6.07, 6.45) is 2.61. The molecule has 1 saturated heterocycles. The molecule has 0 saturated carbocycles. The van der Waals surface area contributed by atoms with Crippen molar-refractivity contribution in [3.05, 3.63) is 120 Å². The number of carboxylic acids is 1. The fourth-order valence-corrected chi connectivity index (χ4v) is 5.15. The Labute approximate surface area is 264 Å². The van der Waals surface area contributed by atoms with Crippen LogP contribution in [0.5, 0.6) is 5.75 Å². The predicted octanol–water partition coefficient (Wildman–Crippen LogP) is 6.08. The molecular weight excluding hydrogens is 566 g/mol. The minimum absolute atomic E-state index is 0.169. The lowest BCUT2D eigenvalue weighted by Crippen LogP contribution is -2.38. The van der Waals surface area contributed by atoms with E-state index in [2.05, 4.69) is 46.2 Å². The molecule has 8 nitrogen and oxygen atoms in total. The molecule has 0 unspecified atom stereocenters. The quantitative estimate of drug-likeness (QED) is 0.196. The van der Waals surface area contributed by atoms with Crippen LogP contribution in [0.3, 0.4) is 0 Å². The van der Waals surface area contributed by atoms with Crippen molar-refractivity contribution in [3.8, 4) is 16.9 Å². The molecule has 0 aromatic heterocycles. The molecule has 5 rings (SSSR count). The van der Waals surface area contributed by atoms with Gasteiger partial charge in [-0.15, -0.1) is 0 Å². The summed E-state index contributed by atoms with van der Waals surface area (Å²) in [5, 5.41) is 9.10. The lowest BCUT2D eigenvalue weighted by Gasteiger charge is -2.26. The van der Waals surface area contributed by atoms with Crippen LogP contribution in [0.4, 0.5) is 11.4 Å². The summed E-state index contributed by atoms with van der Waals surface area (Å²) in [6, 6.07) is 31.1. The van der Waals surface area contributed by atoms with E-state index in [0.717, 1.165) is 61.3 Å². The molecule has 0 radical (unpaired) electrons. The van der Waals surface area contributed by atoms with Crippen molar-refractivity contribution in [1.82, 2.24) is 4.90 Å². The molecule has 4 aromatic carbocycles. The standard InChI is InChI=1S/C37H39N3O5/c1-38(2)33-15-11-31(12-16-33)30-9-6-29(7-10-30)27-40(34-5-3-4-28(26-34)8-19-36(41)42)37(43)32-13-17-35(18-14-32)45-25-22-39-20-23-44-24-21-39/h3-19,26H,20-25,27H2,1-2H3,(H,41,42)/b19-8+. The molecule has 1 amide bonds. The van der Waals surface area contributed by atoms with Gasteiger partial charge < -0.3 is 24.4 Å². The predicted molar refractivity (Wildman–Crippen MR) is 179 cm³/mol. The summed E-state index contributed by atoms with van der Waals surface area (Å²) in [6.45, 7) is 5.04. The number of hydrogen-bond acceptors (Lipinski definition) is 6. The van der Waals surface area contributed by atoms with Gasteiger partial charge in [0.2, 0.25) is 0 Å². The van der Waals surface area contributed by atoms with Gasteiger partial charge in [0.25, 0.3) is 5.91 Å². The molecule has 0 spiro atoms. The normalized spacial score (nSPS) is 13.5. The zero-order chi connectivity index (χ0) is 31.6. The highest BCUT2D eigenvalue weighted by Gasteiger charge is 2.19. The van der Waals surface area contributed by atoms with Crippen LogP contribution in [0.15, 0.2) is 103 Å². The number of rotatable bonds is 12. The van der Waals surface area contributed by atoms with Crippen LogP contribution in [0, 0.1) is 0 Å². The van der Waals surface area contributed by atoms with Crippen LogP contribution >= 0.6 is 0 Å².